The van der Waals surface area contributed by atoms with Gasteiger partial charge in [0.15, 0.2) is 5.82 Å². The first kappa shape index (κ1) is 9.34. The van der Waals surface area contributed by atoms with Crippen molar-refractivity contribution in [2.24, 2.45) is 0 Å². The molecule has 1 aromatic heterocycles. The first-order valence-electron chi connectivity index (χ1n) is 4.31. The molecule has 0 radical (unpaired) electrons. The quantitative estimate of drug-likeness (QED) is 0.775. The number of aromatic nitrogens is 2. The molecule has 3 heteroatoms. The summed E-state index contributed by atoms with van der Waals surface area (Å²) in [5.41, 5.74) is 2.01. The van der Waals surface area contributed by atoms with Gasteiger partial charge in [0, 0.05) is 21.9 Å². The largest absolute Gasteiger partial charge is 0.237 e. The van der Waals surface area contributed by atoms with Crippen LogP contribution < -0.4 is 0 Å². The maximum atomic E-state index is 4.35. The van der Waals surface area contributed by atoms with E-state index < -0.39 is 0 Å². The van der Waals surface area contributed by atoms with Crippen molar-refractivity contribution in [2.45, 2.75) is 6.92 Å². The maximum Gasteiger partial charge on any atom is 0.159 e. The predicted molar refractivity (Wildman–Crippen MR) is 59.9 cm³/mol. The first-order valence-corrected chi connectivity index (χ1v) is 5.10. The van der Waals surface area contributed by atoms with Gasteiger partial charge in [-0.3, -0.25) is 0 Å². The van der Waals surface area contributed by atoms with E-state index in [0.29, 0.717) is 0 Å². The summed E-state index contributed by atoms with van der Waals surface area (Å²) in [4.78, 5) is 8.57. The van der Waals surface area contributed by atoms with Gasteiger partial charge in [0.05, 0.1) is 0 Å². The molecule has 1 heterocycles. The molecule has 2 rings (SSSR count). The summed E-state index contributed by atoms with van der Waals surface area (Å²) in [6, 6.07) is 9.86. The van der Waals surface area contributed by atoms with Gasteiger partial charge in [-0.2, -0.15) is 0 Å². The Hall–Kier alpha value is -1.22. The molecule has 0 fully saturated rings. The summed E-state index contributed by atoms with van der Waals surface area (Å²) in [5, 5.41) is 0. The Bertz CT molecular complexity index is 411. The zero-order chi connectivity index (χ0) is 9.97. The number of hydrogen-bond acceptors (Lipinski definition) is 2. The van der Waals surface area contributed by atoms with Gasteiger partial charge in [-0.15, -0.1) is 0 Å². The fourth-order valence-corrected chi connectivity index (χ4v) is 1.61. The highest BCUT2D eigenvalue weighted by atomic mass is 79.9. The van der Waals surface area contributed by atoms with Crippen LogP contribution in [0.3, 0.4) is 0 Å². The first-order chi connectivity index (χ1) is 6.75. The molecular weight excluding hydrogens is 240 g/mol. The number of halogens is 1. The van der Waals surface area contributed by atoms with Gasteiger partial charge >= 0.3 is 0 Å². The van der Waals surface area contributed by atoms with Crippen LogP contribution in [0, 0.1) is 6.92 Å². The van der Waals surface area contributed by atoms with E-state index in [4.69, 9.17) is 0 Å². The molecule has 0 spiro atoms. The van der Waals surface area contributed by atoms with Crippen molar-refractivity contribution in [1.82, 2.24) is 9.97 Å². The number of benzene rings is 1. The number of aryl methyl sites for hydroxylation is 1. The molecule has 0 atom stereocenters. The van der Waals surface area contributed by atoms with E-state index in [1.165, 1.54) is 0 Å². The van der Waals surface area contributed by atoms with E-state index in [1.54, 1.807) is 6.20 Å². The van der Waals surface area contributed by atoms with Crippen molar-refractivity contribution in [3.63, 3.8) is 0 Å². The molecule has 1 aromatic carbocycles. The minimum atomic E-state index is 0.770. The third kappa shape index (κ3) is 1.99. The molecule has 0 aliphatic heterocycles. The van der Waals surface area contributed by atoms with Gasteiger partial charge < -0.3 is 0 Å². The van der Waals surface area contributed by atoms with E-state index in [1.807, 2.05) is 37.3 Å². The SMILES string of the molecule is Cc1ccnc(-c2cccc(Br)c2)n1. The van der Waals surface area contributed by atoms with Crippen molar-refractivity contribution in [2.75, 3.05) is 0 Å². The summed E-state index contributed by atoms with van der Waals surface area (Å²) >= 11 is 3.42. The zero-order valence-electron chi connectivity index (χ0n) is 7.74. The lowest BCUT2D eigenvalue weighted by molar-refractivity contribution is 1.11. The van der Waals surface area contributed by atoms with Crippen LogP contribution in [0.4, 0.5) is 0 Å². The zero-order valence-corrected chi connectivity index (χ0v) is 9.32. The van der Waals surface area contributed by atoms with E-state index in [2.05, 4.69) is 25.9 Å². The lowest BCUT2D eigenvalue weighted by Gasteiger charge is -2.00. The molecular formula is C11H9BrN2. The van der Waals surface area contributed by atoms with Gasteiger partial charge in [-0.1, -0.05) is 28.1 Å². The highest BCUT2D eigenvalue weighted by Crippen LogP contribution is 2.19. The summed E-state index contributed by atoms with van der Waals surface area (Å²) in [7, 11) is 0. The second kappa shape index (κ2) is 3.88. The summed E-state index contributed by atoms with van der Waals surface area (Å²) in [6.07, 6.45) is 1.78. The number of rotatable bonds is 1. The molecule has 0 aliphatic rings. The van der Waals surface area contributed by atoms with Crippen LogP contribution in [-0.2, 0) is 0 Å². The third-order valence-electron chi connectivity index (χ3n) is 1.88. The molecule has 0 unspecified atom stereocenters. The Kier molecular flexibility index (Phi) is 2.59. The van der Waals surface area contributed by atoms with Crippen LogP contribution in [0.2, 0.25) is 0 Å². The van der Waals surface area contributed by atoms with Crippen molar-refractivity contribution < 1.29 is 0 Å². The normalized spacial score (nSPS) is 10.1. The molecule has 0 saturated heterocycles. The molecule has 0 amide bonds. The Morgan fingerprint density at radius 2 is 2.07 bits per heavy atom. The summed E-state index contributed by atoms with van der Waals surface area (Å²) in [5.74, 6) is 0.770. The topological polar surface area (TPSA) is 25.8 Å². The smallest absolute Gasteiger partial charge is 0.159 e. The van der Waals surface area contributed by atoms with E-state index >= 15 is 0 Å². The molecule has 70 valence electrons. The van der Waals surface area contributed by atoms with E-state index in [0.717, 1.165) is 21.6 Å². The van der Waals surface area contributed by atoms with Gasteiger partial charge in [-0.05, 0) is 25.1 Å². The van der Waals surface area contributed by atoms with Gasteiger partial charge in [-0.25, -0.2) is 9.97 Å². The maximum absolute atomic E-state index is 4.35. The highest BCUT2D eigenvalue weighted by Gasteiger charge is 2.00. The average Bonchev–Trinajstić information content (AvgIpc) is 2.18. The molecule has 14 heavy (non-hydrogen) atoms. The monoisotopic (exact) mass is 248 g/mol. The Morgan fingerprint density at radius 1 is 1.21 bits per heavy atom. The Balaban J connectivity index is 2.49. The molecule has 2 aromatic rings. The fraction of sp³-hybridized carbons (Fsp3) is 0.0909. The van der Waals surface area contributed by atoms with Crippen LogP contribution in [0.15, 0.2) is 41.0 Å². The second-order valence-corrected chi connectivity index (χ2v) is 3.95. The number of hydrogen-bond donors (Lipinski definition) is 0. The fourth-order valence-electron chi connectivity index (χ4n) is 1.22. The van der Waals surface area contributed by atoms with Crippen LogP contribution in [0.1, 0.15) is 5.69 Å². The third-order valence-corrected chi connectivity index (χ3v) is 2.37. The Labute approximate surface area is 91.2 Å². The van der Waals surface area contributed by atoms with Crippen LogP contribution >= 0.6 is 15.9 Å². The van der Waals surface area contributed by atoms with E-state index in [-0.39, 0.29) is 0 Å². The van der Waals surface area contributed by atoms with Gasteiger partial charge in [0.1, 0.15) is 0 Å². The average molecular weight is 249 g/mol. The predicted octanol–water partition coefficient (Wildman–Crippen LogP) is 3.21. The minimum Gasteiger partial charge on any atom is -0.237 e. The molecule has 2 nitrogen and oxygen atoms in total. The molecule has 0 aliphatic carbocycles. The highest BCUT2D eigenvalue weighted by molar-refractivity contribution is 9.10. The summed E-state index contributed by atoms with van der Waals surface area (Å²) < 4.78 is 1.04. The standard InChI is InChI=1S/C11H9BrN2/c1-8-5-6-13-11(14-8)9-3-2-4-10(12)7-9/h2-7H,1H3. The number of nitrogens with zero attached hydrogens (tertiary/aromatic N) is 2. The lowest BCUT2D eigenvalue weighted by Crippen LogP contribution is -1.89. The summed E-state index contributed by atoms with van der Waals surface area (Å²) in [6.45, 7) is 1.96. The van der Waals surface area contributed by atoms with Crippen molar-refractivity contribution >= 4 is 15.9 Å². The lowest BCUT2D eigenvalue weighted by atomic mass is 10.2. The Morgan fingerprint density at radius 3 is 2.79 bits per heavy atom. The molecule has 0 bridgehead atoms. The molecule has 0 N–H and O–H groups in total. The van der Waals surface area contributed by atoms with Crippen molar-refractivity contribution in [3.8, 4) is 11.4 Å². The molecule has 0 saturated carbocycles. The van der Waals surface area contributed by atoms with Gasteiger partial charge in [0.2, 0.25) is 0 Å². The van der Waals surface area contributed by atoms with Crippen molar-refractivity contribution in [1.29, 1.82) is 0 Å². The minimum absolute atomic E-state index is 0.770. The van der Waals surface area contributed by atoms with E-state index in [9.17, 15) is 0 Å². The van der Waals surface area contributed by atoms with Crippen molar-refractivity contribution in [3.05, 3.63) is 46.7 Å². The van der Waals surface area contributed by atoms with Crippen LogP contribution in [0.5, 0.6) is 0 Å². The second-order valence-electron chi connectivity index (χ2n) is 3.03. The van der Waals surface area contributed by atoms with Gasteiger partial charge in [0.25, 0.3) is 0 Å². The van der Waals surface area contributed by atoms with Crippen LogP contribution in [0.25, 0.3) is 11.4 Å². The van der Waals surface area contributed by atoms with Crippen LogP contribution in [-0.4, -0.2) is 9.97 Å².